The summed E-state index contributed by atoms with van der Waals surface area (Å²) >= 11 is 0. The van der Waals surface area contributed by atoms with E-state index in [1.54, 1.807) is 24.4 Å². The fourth-order valence-electron chi connectivity index (χ4n) is 1.83. The van der Waals surface area contributed by atoms with Crippen LogP contribution in [0.4, 0.5) is 10.2 Å². The first-order chi connectivity index (χ1) is 8.75. The van der Waals surface area contributed by atoms with Crippen molar-refractivity contribution in [2.45, 2.75) is 0 Å². The molecule has 18 heavy (non-hydrogen) atoms. The van der Waals surface area contributed by atoms with Gasteiger partial charge in [0.05, 0.1) is 5.69 Å². The van der Waals surface area contributed by atoms with Crippen LogP contribution in [0.25, 0.3) is 22.2 Å². The molecule has 3 rings (SSSR count). The summed E-state index contributed by atoms with van der Waals surface area (Å²) in [5, 5.41) is 0.751. The van der Waals surface area contributed by atoms with Crippen LogP contribution in [0.5, 0.6) is 0 Å². The molecule has 0 saturated carbocycles. The highest BCUT2D eigenvalue weighted by Gasteiger charge is 2.11. The van der Waals surface area contributed by atoms with Crippen molar-refractivity contribution in [2.75, 3.05) is 5.73 Å². The van der Waals surface area contributed by atoms with Gasteiger partial charge in [0.15, 0.2) is 5.82 Å². The molecule has 0 unspecified atom stereocenters. The summed E-state index contributed by atoms with van der Waals surface area (Å²) in [7, 11) is 0. The molecule has 88 valence electrons. The van der Waals surface area contributed by atoms with Crippen LogP contribution in [0.15, 0.2) is 42.9 Å². The number of anilines is 1. The molecule has 1 aromatic carbocycles. The van der Waals surface area contributed by atoms with E-state index in [9.17, 15) is 4.39 Å². The molecule has 0 amide bonds. The van der Waals surface area contributed by atoms with Gasteiger partial charge in [0, 0.05) is 23.2 Å². The van der Waals surface area contributed by atoms with Crippen LogP contribution in [0.2, 0.25) is 0 Å². The normalized spacial score (nSPS) is 10.7. The average Bonchev–Trinajstić information content (AvgIpc) is 2.39. The lowest BCUT2D eigenvalue weighted by atomic mass is 10.1. The van der Waals surface area contributed by atoms with Crippen molar-refractivity contribution in [3.05, 3.63) is 48.7 Å². The lowest BCUT2D eigenvalue weighted by molar-refractivity contribution is 0.639. The lowest BCUT2D eigenvalue weighted by Crippen LogP contribution is -1.95. The lowest BCUT2D eigenvalue weighted by Gasteiger charge is -2.05. The monoisotopic (exact) mass is 240 g/mol. The molecular weight excluding hydrogens is 231 g/mol. The maximum Gasteiger partial charge on any atom is 0.158 e. The minimum Gasteiger partial charge on any atom is -0.384 e. The number of fused-ring (bicyclic) bond motifs is 1. The molecule has 0 atom stereocenters. The quantitative estimate of drug-likeness (QED) is 0.709. The fourth-order valence-corrected chi connectivity index (χ4v) is 1.83. The summed E-state index contributed by atoms with van der Waals surface area (Å²) in [5.74, 6) is -0.0910. The molecule has 3 aromatic rings. The number of pyridine rings is 1. The number of halogens is 1. The summed E-state index contributed by atoms with van der Waals surface area (Å²) in [6.45, 7) is 0. The van der Waals surface area contributed by atoms with Crippen LogP contribution in [-0.2, 0) is 0 Å². The Morgan fingerprint density at radius 3 is 2.78 bits per heavy atom. The third-order valence-corrected chi connectivity index (χ3v) is 2.68. The van der Waals surface area contributed by atoms with Gasteiger partial charge in [-0.05, 0) is 12.1 Å². The third kappa shape index (κ3) is 1.66. The molecule has 0 spiro atoms. The second-order valence-electron chi connectivity index (χ2n) is 3.83. The Hall–Kier alpha value is -2.56. The Bertz CT molecular complexity index is 727. The van der Waals surface area contributed by atoms with Crippen molar-refractivity contribution in [1.82, 2.24) is 15.0 Å². The van der Waals surface area contributed by atoms with Crippen molar-refractivity contribution in [3.8, 4) is 11.3 Å². The van der Waals surface area contributed by atoms with E-state index in [0.29, 0.717) is 22.6 Å². The Balaban J connectivity index is 2.27. The van der Waals surface area contributed by atoms with Gasteiger partial charge in [-0.3, -0.25) is 4.98 Å². The Morgan fingerprint density at radius 2 is 1.94 bits per heavy atom. The molecule has 0 saturated heterocycles. The second-order valence-corrected chi connectivity index (χ2v) is 3.83. The van der Waals surface area contributed by atoms with Crippen LogP contribution < -0.4 is 5.73 Å². The minimum absolute atomic E-state index is 0.306. The highest BCUT2D eigenvalue weighted by Crippen LogP contribution is 2.26. The summed E-state index contributed by atoms with van der Waals surface area (Å²) in [4.78, 5) is 11.8. The summed E-state index contributed by atoms with van der Waals surface area (Å²) in [5.41, 5.74) is 6.72. The molecule has 2 N–H and O–H groups in total. The maximum atomic E-state index is 14.3. The maximum absolute atomic E-state index is 14.3. The first kappa shape index (κ1) is 10.6. The zero-order valence-corrected chi connectivity index (χ0v) is 9.34. The molecule has 0 fully saturated rings. The number of hydrogen-bond acceptors (Lipinski definition) is 4. The number of rotatable bonds is 1. The van der Waals surface area contributed by atoms with E-state index < -0.39 is 5.82 Å². The van der Waals surface area contributed by atoms with Crippen LogP contribution in [0.3, 0.4) is 0 Å². The number of nitrogens with zero attached hydrogens (tertiary/aromatic N) is 3. The van der Waals surface area contributed by atoms with E-state index >= 15 is 0 Å². The van der Waals surface area contributed by atoms with E-state index in [-0.39, 0.29) is 0 Å². The van der Waals surface area contributed by atoms with E-state index in [2.05, 4.69) is 15.0 Å². The zero-order valence-electron chi connectivity index (χ0n) is 9.34. The van der Waals surface area contributed by atoms with Gasteiger partial charge in [0.2, 0.25) is 0 Å². The van der Waals surface area contributed by atoms with Gasteiger partial charge in [0.25, 0.3) is 0 Å². The van der Waals surface area contributed by atoms with Crippen molar-refractivity contribution in [1.29, 1.82) is 0 Å². The number of hydrogen-bond donors (Lipinski definition) is 1. The van der Waals surface area contributed by atoms with Crippen LogP contribution in [-0.4, -0.2) is 15.0 Å². The molecule has 4 nitrogen and oxygen atoms in total. The number of nitrogens with two attached hydrogens (primary N) is 1. The Kier molecular flexibility index (Phi) is 2.37. The summed E-state index contributed by atoms with van der Waals surface area (Å²) < 4.78 is 14.3. The second kappa shape index (κ2) is 4.03. The van der Waals surface area contributed by atoms with Crippen molar-refractivity contribution < 1.29 is 4.39 Å². The number of nitrogen functional groups attached to an aromatic ring is 1. The first-order valence-electron chi connectivity index (χ1n) is 5.37. The topological polar surface area (TPSA) is 64.7 Å². The first-order valence-corrected chi connectivity index (χ1v) is 5.37. The zero-order chi connectivity index (χ0) is 12.5. The smallest absolute Gasteiger partial charge is 0.158 e. The molecule has 0 aliphatic carbocycles. The molecule has 2 heterocycles. The number of aromatic nitrogens is 3. The summed E-state index contributed by atoms with van der Waals surface area (Å²) in [6, 6.07) is 8.58. The predicted molar refractivity (Wildman–Crippen MR) is 67.1 cm³/mol. The Morgan fingerprint density at radius 1 is 1.06 bits per heavy atom. The number of benzene rings is 1. The van der Waals surface area contributed by atoms with Gasteiger partial charge in [-0.1, -0.05) is 12.1 Å². The molecule has 0 radical (unpaired) electrons. The van der Waals surface area contributed by atoms with Gasteiger partial charge < -0.3 is 5.73 Å². The van der Waals surface area contributed by atoms with Crippen molar-refractivity contribution >= 4 is 16.7 Å². The largest absolute Gasteiger partial charge is 0.384 e. The predicted octanol–water partition coefficient (Wildman–Crippen LogP) is 2.41. The third-order valence-electron chi connectivity index (χ3n) is 2.68. The van der Waals surface area contributed by atoms with Crippen molar-refractivity contribution in [3.63, 3.8) is 0 Å². The van der Waals surface area contributed by atoms with Gasteiger partial charge in [-0.2, -0.15) is 0 Å². The fraction of sp³-hybridized carbons (Fsp3) is 0. The highest BCUT2D eigenvalue weighted by atomic mass is 19.1. The standard InChI is InChI=1S/C13H9FN4/c14-12-9(10-6-11(15)18-7-17-10)4-3-8-2-1-5-16-13(8)12/h1-7H,(H2,15,17,18). The van der Waals surface area contributed by atoms with Gasteiger partial charge in [-0.15, -0.1) is 0 Å². The van der Waals surface area contributed by atoms with Crippen LogP contribution in [0, 0.1) is 5.82 Å². The molecule has 0 aliphatic rings. The van der Waals surface area contributed by atoms with E-state index in [1.807, 2.05) is 6.07 Å². The van der Waals surface area contributed by atoms with E-state index in [1.165, 1.54) is 12.4 Å². The average molecular weight is 240 g/mol. The molecule has 2 aromatic heterocycles. The van der Waals surface area contributed by atoms with Gasteiger partial charge in [0.1, 0.15) is 17.7 Å². The van der Waals surface area contributed by atoms with E-state index in [0.717, 1.165) is 5.39 Å². The Labute approximate surface area is 102 Å². The molecule has 0 bridgehead atoms. The van der Waals surface area contributed by atoms with Crippen molar-refractivity contribution in [2.24, 2.45) is 0 Å². The molecule has 0 aliphatic heterocycles. The summed E-state index contributed by atoms with van der Waals surface area (Å²) in [6.07, 6.45) is 2.87. The minimum atomic E-state index is -0.397. The van der Waals surface area contributed by atoms with E-state index in [4.69, 9.17) is 5.73 Å². The SMILES string of the molecule is Nc1cc(-c2ccc3cccnc3c2F)ncn1. The van der Waals surface area contributed by atoms with Gasteiger partial charge in [-0.25, -0.2) is 14.4 Å². The highest BCUT2D eigenvalue weighted by molar-refractivity contribution is 5.84. The van der Waals surface area contributed by atoms with Gasteiger partial charge >= 0.3 is 0 Å². The molecular formula is C13H9FN4. The molecule has 5 heteroatoms. The van der Waals surface area contributed by atoms with Crippen LogP contribution >= 0.6 is 0 Å². The van der Waals surface area contributed by atoms with Crippen LogP contribution in [0.1, 0.15) is 0 Å².